The van der Waals surface area contributed by atoms with E-state index in [-0.39, 0.29) is 12.0 Å². The second kappa shape index (κ2) is 10.6. The van der Waals surface area contributed by atoms with E-state index in [4.69, 9.17) is 20.4 Å². The highest BCUT2D eigenvalue weighted by atomic mass is 19.1. The van der Waals surface area contributed by atoms with Crippen molar-refractivity contribution < 1.29 is 13.9 Å². The topological polar surface area (TPSA) is 159 Å². The van der Waals surface area contributed by atoms with E-state index in [0.29, 0.717) is 60.1 Å². The van der Waals surface area contributed by atoms with Crippen LogP contribution in [0.15, 0.2) is 43.1 Å². The van der Waals surface area contributed by atoms with Gasteiger partial charge in [0.1, 0.15) is 11.4 Å². The zero-order chi connectivity index (χ0) is 29.6. The largest absolute Gasteiger partial charge is 0.368 e. The van der Waals surface area contributed by atoms with Crippen molar-refractivity contribution in [2.75, 3.05) is 12.0 Å². The minimum Gasteiger partial charge on any atom is -0.368 e. The SMILES string of the molecule is COC1(C(N)=O)CCC(c2nc(N(c3cc(C)[nH]n3)[C@@H](C)c3ccc(-n4cc(F)cn4)nc3)c3ncn(C)c3n2)CC1. The number of hydrogen-bond donors (Lipinski definition) is 2. The Balaban J connectivity index is 1.41. The number of imidazole rings is 1. The van der Waals surface area contributed by atoms with Crippen molar-refractivity contribution in [1.29, 1.82) is 0 Å². The summed E-state index contributed by atoms with van der Waals surface area (Å²) in [5.74, 6) is 1.53. The maximum Gasteiger partial charge on any atom is 0.249 e. The number of nitrogens with one attached hydrogen (secondary N) is 1. The Morgan fingerprint density at radius 3 is 2.62 bits per heavy atom. The van der Waals surface area contributed by atoms with Gasteiger partial charge in [-0.2, -0.15) is 10.2 Å². The molecule has 1 fully saturated rings. The van der Waals surface area contributed by atoms with Gasteiger partial charge in [0, 0.05) is 38.0 Å². The molecule has 6 rings (SSSR count). The molecule has 1 saturated carbocycles. The first-order valence-electron chi connectivity index (χ1n) is 13.7. The number of amides is 1. The molecule has 0 saturated heterocycles. The summed E-state index contributed by atoms with van der Waals surface area (Å²) in [5, 5.41) is 11.6. The zero-order valence-electron chi connectivity index (χ0n) is 23.8. The van der Waals surface area contributed by atoms with E-state index in [2.05, 4.69) is 25.3 Å². The standard InChI is InChI=1S/C28H32FN11O2/c1-16-11-22(37-36-16)40(17(2)19-5-6-21(31-12-19)39-14-20(29)13-33-39)26-23-25(38(3)15-32-23)34-24(35-26)18-7-9-28(42-4,10-8-18)27(30)41/h5-6,11-15,17-18H,7-10H2,1-4H3,(H2,30,41)(H,36,37)/t17-,18?,28?/m0/s1. The molecule has 0 radical (unpaired) electrons. The smallest absolute Gasteiger partial charge is 0.249 e. The number of H-pyrrole nitrogens is 1. The fraction of sp³-hybridized carbons (Fsp3) is 0.393. The number of carbonyl (C=O) groups excluding carboxylic acids is 1. The molecule has 1 aliphatic rings. The van der Waals surface area contributed by atoms with Crippen LogP contribution in [0.5, 0.6) is 0 Å². The molecular weight excluding hydrogens is 541 g/mol. The number of rotatable bonds is 8. The minimum absolute atomic E-state index is 0.000771. The number of nitrogens with zero attached hydrogens (tertiary/aromatic N) is 9. The summed E-state index contributed by atoms with van der Waals surface area (Å²) in [6.07, 6.45) is 8.14. The molecule has 218 valence electrons. The summed E-state index contributed by atoms with van der Waals surface area (Å²) < 4.78 is 22.3. The van der Waals surface area contributed by atoms with Gasteiger partial charge in [-0.3, -0.25) is 9.89 Å². The third-order valence-electron chi connectivity index (χ3n) is 8.15. The fourth-order valence-electron chi connectivity index (χ4n) is 5.63. The Morgan fingerprint density at radius 2 is 2.02 bits per heavy atom. The van der Waals surface area contributed by atoms with Crippen molar-refractivity contribution in [3.05, 3.63) is 66.0 Å². The molecule has 3 N–H and O–H groups in total. The molecule has 13 nitrogen and oxygen atoms in total. The molecule has 5 heterocycles. The average Bonchev–Trinajstić information content (AvgIpc) is 3.73. The van der Waals surface area contributed by atoms with Gasteiger partial charge in [-0.05, 0) is 51.2 Å². The van der Waals surface area contributed by atoms with Crippen molar-refractivity contribution >= 4 is 28.7 Å². The van der Waals surface area contributed by atoms with Crippen molar-refractivity contribution in [2.45, 2.75) is 57.1 Å². The molecule has 1 aliphatic carbocycles. The second-order valence-corrected chi connectivity index (χ2v) is 10.8. The monoisotopic (exact) mass is 573 g/mol. The van der Waals surface area contributed by atoms with Gasteiger partial charge < -0.3 is 19.9 Å². The van der Waals surface area contributed by atoms with Crippen molar-refractivity contribution in [2.24, 2.45) is 12.8 Å². The number of nitrogens with two attached hydrogens (primary N) is 1. The predicted octanol–water partition coefficient (Wildman–Crippen LogP) is 3.54. The van der Waals surface area contributed by atoms with Gasteiger partial charge in [-0.15, -0.1) is 0 Å². The predicted molar refractivity (Wildman–Crippen MR) is 152 cm³/mol. The highest BCUT2D eigenvalue weighted by molar-refractivity contribution is 5.86. The number of halogens is 1. The van der Waals surface area contributed by atoms with Crippen LogP contribution in [-0.4, -0.2) is 63.1 Å². The Hall–Kier alpha value is -4.72. The second-order valence-electron chi connectivity index (χ2n) is 10.8. The van der Waals surface area contributed by atoms with Crippen LogP contribution in [-0.2, 0) is 16.6 Å². The van der Waals surface area contributed by atoms with E-state index in [1.807, 2.05) is 42.5 Å². The first-order valence-corrected chi connectivity index (χ1v) is 13.7. The van der Waals surface area contributed by atoms with Crippen LogP contribution in [0.4, 0.5) is 16.0 Å². The highest BCUT2D eigenvalue weighted by Gasteiger charge is 2.42. The fourth-order valence-corrected chi connectivity index (χ4v) is 5.63. The molecule has 1 atom stereocenters. The summed E-state index contributed by atoms with van der Waals surface area (Å²) in [6.45, 7) is 3.97. The third-order valence-corrected chi connectivity index (χ3v) is 8.15. The lowest BCUT2D eigenvalue weighted by Crippen LogP contribution is -2.48. The van der Waals surface area contributed by atoms with Gasteiger partial charge in [-0.25, -0.2) is 29.0 Å². The number of aryl methyl sites for hydroxylation is 2. The third kappa shape index (κ3) is 4.76. The van der Waals surface area contributed by atoms with E-state index in [1.54, 1.807) is 18.6 Å². The van der Waals surface area contributed by atoms with Crippen molar-refractivity contribution in [1.82, 2.24) is 44.5 Å². The Bertz CT molecular complexity index is 1730. The van der Waals surface area contributed by atoms with Gasteiger partial charge in [0.25, 0.3) is 0 Å². The number of aromatic nitrogens is 9. The molecule has 0 unspecified atom stereocenters. The Kier molecular flexibility index (Phi) is 6.93. The lowest BCUT2D eigenvalue weighted by Gasteiger charge is -2.36. The molecule has 42 heavy (non-hydrogen) atoms. The minimum atomic E-state index is -0.968. The molecule has 5 aromatic rings. The Labute approximate surface area is 241 Å². The summed E-state index contributed by atoms with van der Waals surface area (Å²) in [6, 6.07) is 5.38. The molecule has 0 aromatic carbocycles. The van der Waals surface area contributed by atoms with Crippen LogP contribution in [0.1, 0.15) is 61.6 Å². The highest BCUT2D eigenvalue weighted by Crippen LogP contribution is 2.41. The van der Waals surface area contributed by atoms with E-state index < -0.39 is 17.3 Å². The van der Waals surface area contributed by atoms with Gasteiger partial charge in [0.2, 0.25) is 5.91 Å². The maximum atomic E-state index is 13.5. The van der Waals surface area contributed by atoms with Crippen LogP contribution in [0.2, 0.25) is 0 Å². The van der Waals surface area contributed by atoms with Gasteiger partial charge in [0.15, 0.2) is 34.4 Å². The number of hydrogen-bond acceptors (Lipinski definition) is 9. The van der Waals surface area contributed by atoms with E-state index >= 15 is 0 Å². The molecule has 0 bridgehead atoms. The number of pyridine rings is 1. The molecule has 1 amide bonds. The molecule has 0 aliphatic heterocycles. The van der Waals surface area contributed by atoms with E-state index in [0.717, 1.165) is 17.5 Å². The number of aromatic amines is 1. The van der Waals surface area contributed by atoms with Gasteiger partial charge in [-0.1, -0.05) is 6.07 Å². The van der Waals surface area contributed by atoms with Crippen LogP contribution in [0, 0.1) is 12.7 Å². The summed E-state index contributed by atoms with van der Waals surface area (Å²) >= 11 is 0. The first kappa shape index (κ1) is 27.4. The number of anilines is 2. The molecule has 0 spiro atoms. The number of fused-ring (bicyclic) bond motifs is 1. The average molecular weight is 574 g/mol. The number of primary amides is 1. The van der Waals surface area contributed by atoms with Gasteiger partial charge in [0.05, 0.1) is 24.8 Å². The lowest BCUT2D eigenvalue weighted by molar-refractivity contribution is -0.144. The van der Waals surface area contributed by atoms with Crippen molar-refractivity contribution in [3.63, 3.8) is 0 Å². The van der Waals surface area contributed by atoms with Crippen LogP contribution in [0.25, 0.3) is 17.0 Å². The van der Waals surface area contributed by atoms with E-state index in [9.17, 15) is 9.18 Å². The number of methoxy groups -OCH3 is 1. The van der Waals surface area contributed by atoms with Crippen molar-refractivity contribution in [3.8, 4) is 5.82 Å². The lowest BCUT2D eigenvalue weighted by atomic mass is 9.78. The number of carbonyl (C=O) groups is 1. The van der Waals surface area contributed by atoms with Crippen LogP contribution in [0.3, 0.4) is 0 Å². The molecular formula is C28H32FN11O2. The summed E-state index contributed by atoms with van der Waals surface area (Å²) in [5.41, 5.74) is 7.80. The molecule has 14 heteroatoms. The molecule has 5 aromatic heterocycles. The Morgan fingerprint density at radius 1 is 1.24 bits per heavy atom. The van der Waals surface area contributed by atoms with Crippen LogP contribution >= 0.6 is 0 Å². The number of ether oxygens (including phenoxy) is 1. The maximum absolute atomic E-state index is 13.5. The van der Waals surface area contributed by atoms with E-state index in [1.165, 1.54) is 18.0 Å². The summed E-state index contributed by atoms with van der Waals surface area (Å²) in [7, 11) is 3.42. The van der Waals surface area contributed by atoms with Gasteiger partial charge >= 0.3 is 0 Å². The quantitative estimate of drug-likeness (QED) is 0.283. The van der Waals surface area contributed by atoms with Crippen LogP contribution < -0.4 is 10.6 Å². The zero-order valence-corrected chi connectivity index (χ0v) is 23.8. The first-order chi connectivity index (χ1) is 20.2. The normalized spacial score (nSPS) is 19.7. The summed E-state index contributed by atoms with van der Waals surface area (Å²) in [4.78, 5) is 33.4.